The molecule has 0 saturated carbocycles. The highest BCUT2D eigenvalue weighted by Crippen LogP contribution is 2.43. The maximum absolute atomic E-state index is 7.23. The van der Waals surface area contributed by atoms with Gasteiger partial charge in [-0.2, -0.15) is 0 Å². The second kappa shape index (κ2) is 6.93. The Morgan fingerprint density at radius 1 is 1.10 bits per heavy atom. The minimum absolute atomic E-state index is 0.335. The van der Waals surface area contributed by atoms with Gasteiger partial charge in [0, 0.05) is 26.2 Å². The van der Waals surface area contributed by atoms with Crippen molar-refractivity contribution in [3.63, 3.8) is 0 Å². The third kappa shape index (κ3) is 2.94. The number of hydrogen-bond acceptors (Lipinski definition) is 6. The van der Waals surface area contributed by atoms with E-state index < -0.39 is 0 Å². The normalized spacial score (nSPS) is 26.6. The molecule has 0 radical (unpaired) electrons. The van der Waals surface area contributed by atoms with Crippen molar-refractivity contribution in [3.05, 3.63) is 41.9 Å². The Kier molecular flexibility index (Phi) is 4.18. The summed E-state index contributed by atoms with van der Waals surface area (Å²) in [6.45, 7) is 15.3. The molecule has 0 bridgehead atoms. The van der Waals surface area contributed by atoms with E-state index in [0.29, 0.717) is 17.0 Å². The predicted molar refractivity (Wildman–Crippen MR) is 116 cm³/mol. The molecule has 4 aliphatic rings. The Balaban J connectivity index is 1.33. The van der Waals surface area contributed by atoms with E-state index in [2.05, 4.69) is 20.0 Å². The van der Waals surface area contributed by atoms with Gasteiger partial charge in [-0.3, -0.25) is 0 Å². The molecule has 1 spiro atoms. The average Bonchev–Trinajstić information content (AvgIpc) is 3.20. The van der Waals surface area contributed by atoms with Crippen LogP contribution < -0.4 is 15.1 Å². The van der Waals surface area contributed by atoms with Gasteiger partial charge >= 0.3 is 0 Å². The molecule has 4 saturated heterocycles. The zero-order valence-corrected chi connectivity index (χ0v) is 17.0. The summed E-state index contributed by atoms with van der Waals surface area (Å²) in [7, 11) is 0. The zero-order chi connectivity index (χ0) is 20.1. The number of benzene rings is 1. The van der Waals surface area contributed by atoms with Gasteiger partial charge in [-0.25, -0.2) is 14.8 Å². The molecular weight excluding hydrogens is 376 g/mol. The summed E-state index contributed by atoms with van der Waals surface area (Å²) in [5.41, 5.74) is 4.09. The van der Waals surface area contributed by atoms with E-state index in [0.717, 1.165) is 81.3 Å². The number of rotatable bonds is 3. The van der Waals surface area contributed by atoms with E-state index in [1.54, 1.807) is 0 Å². The van der Waals surface area contributed by atoms with E-state index in [1.165, 1.54) is 6.42 Å². The maximum Gasteiger partial charge on any atom is 0.226 e. The summed E-state index contributed by atoms with van der Waals surface area (Å²) in [6.07, 6.45) is 3.21. The lowest BCUT2D eigenvalue weighted by Crippen LogP contribution is -2.66. The predicted octanol–water partition coefficient (Wildman–Crippen LogP) is 2.58. The number of piperidine rings is 1. The van der Waals surface area contributed by atoms with Crippen molar-refractivity contribution in [3.8, 4) is 11.3 Å². The highest BCUT2D eigenvalue weighted by molar-refractivity contribution is 5.77. The van der Waals surface area contributed by atoms with Crippen LogP contribution in [-0.2, 0) is 4.74 Å². The van der Waals surface area contributed by atoms with Gasteiger partial charge in [0.1, 0.15) is 0 Å². The van der Waals surface area contributed by atoms with Crippen molar-refractivity contribution >= 4 is 17.3 Å². The van der Waals surface area contributed by atoms with Crippen LogP contribution >= 0.6 is 0 Å². The van der Waals surface area contributed by atoms with Gasteiger partial charge in [-0.15, -0.1) is 0 Å². The molecule has 4 fully saturated rings. The summed E-state index contributed by atoms with van der Waals surface area (Å²) >= 11 is 0. The van der Waals surface area contributed by atoms with Crippen molar-refractivity contribution < 1.29 is 4.74 Å². The molecule has 1 N–H and O–H groups in total. The molecule has 2 aromatic rings. The summed E-state index contributed by atoms with van der Waals surface area (Å²) in [6, 6.07) is 7.78. The highest BCUT2D eigenvalue weighted by atomic mass is 16.5. The van der Waals surface area contributed by atoms with E-state index in [4.69, 9.17) is 21.3 Å². The molecular formula is C23H26N6O. The van der Waals surface area contributed by atoms with Crippen molar-refractivity contribution in [2.45, 2.75) is 6.42 Å². The third-order valence-electron chi connectivity index (χ3n) is 7.22. The fourth-order valence-electron chi connectivity index (χ4n) is 5.38. The van der Waals surface area contributed by atoms with Gasteiger partial charge in [-0.1, -0.05) is 24.3 Å². The molecule has 2 unspecified atom stereocenters. The van der Waals surface area contributed by atoms with Gasteiger partial charge in [0.25, 0.3) is 0 Å². The molecule has 2 atom stereocenters. The Bertz CT molecular complexity index is 988. The van der Waals surface area contributed by atoms with Gasteiger partial charge in [0.15, 0.2) is 5.69 Å². The number of nitrogens with one attached hydrogen (secondary N) is 1. The quantitative estimate of drug-likeness (QED) is 0.797. The van der Waals surface area contributed by atoms with Gasteiger partial charge in [-0.05, 0) is 36.9 Å². The first kappa shape index (κ1) is 18.1. The minimum Gasteiger partial charge on any atom is -0.380 e. The molecule has 1 aromatic carbocycles. The smallest absolute Gasteiger partial charge is 0.226 e. The van der Waals surface area contributed by atoms with Crippen LogP contribution in [0.25, 0.3) is 16.1 Å². The molecule has 0 aliphatic carbocycles. The highest BCUT2D eigenvalue weighted by Gasteiger charge is 2.49. The maximum atomic E-state index is 7.23. The Hall–Kier alpha value is -2.69. The lowest BCUT2D eigenvalue weighted by Gasteiger charge is -2.56. The molecule has 0 amide bonds. The molecule has 154 valence electrons. The Morgan fingerprint density at radius 2 is 1.90 bits per heavy atom. The first-order valence-corrected chi connectivity index (χ1v) is 10.9. The van der Waals surface area contributed by atoms with Crippen LogP contribution in [0.15, 0.2) is 30.5 Å². The summed E-state index contributed by atoms with van der Waals surface area (Å²) in [5.74, 6) is 2.32. The molecule has 6 rings (SSSR count). The summed E-state index contributed by atoms with van der Waals surface area (Å²) in [5, 5.41) is 3.53. The molecule has 4 aliphatic heterocycles. The van der Waals surface area contributed by atoms with Crippen LogP contribution in [0.1, 0.15) is 6.42 Å². The van der Waals surface area contributed by atoms with E-state index in [-0.39, 0.29) is 0 Å². The number of anilines is 2. The zero-order valence-electron chi connectivity index (χ0n) is 17.0. The van der Waals surface area contributed by atoms with Crippen molar-refractivity contribution in [1.29, 1.82) is 0 Å². The monoisotopic (exact) mass is 402 g/mol. The number of hydrogen-bond donors (Lipinski definition) is 1. The topological polar surface area (TPSA) is 57.9 Å². The second-order valence-corrected chi connectivity index (χ2v) is 9.32. The standard InChI is InChI=1S/C23H26N6O/c1-24-19-4-2-16(3-5-19)21-20(29-12-23(13-29)14-30-15-23)10-26-22(27-21)28-7-6-17-8-25-9-18(17)11-28/h2-5,10,17-18,25H,6-9,11-15H2. The van der Waals surface area contributed by atoms with Crippen LogP contribution in [0.2, 0.25) is 0 Å². The average molecular weight is 403 g/mol. The van der Waals surface area contributed by atoms with Gasteiger partial charge in [0.2, 0.25) is 5.95 Å². The molecule has 1 aromatic heterocycles. The van der Waals surface area contributed by atoms with Crippen LogP contribution in [0.3, 0.4) is 0 Å². The molecule has 7 nitrogen and oxygen atoms in total. The second-order valence-electron chi connectivity index (χ2n) is 9.32. The van der Waals surface area contributed by atoms with E-state index in [1.807, 2.05) is 30.5 Å². The Labute approximate surface area is 176 Å². The lowest BCUT2D eigenvalue weighted by atomic mass is 9.77. The minimum atomic E-state index is 0.335. The SMILES string of the molecule is [C-]#[N+]c1ccc(-c2nc(N3CCC4CNCC4C3)ncc2N2CC3(COC3)C2)cc1. The van der Waals surface area contributed by atoms with Crippen LogP contribution in [0.5, 0.6) is 0 Å². The van der Waals surface area contributed by atoms with Crippen molar-refractivity contribution in [1.82, 2.24) is 15.3 Å². The number of fused-ring (bicyclic) bond motifs is 1. The summed E-state index contributed by atoms with van der Waals surface area (Å²) < 4.78 is 5.44. The first-order chi connectivity index (χ1) is 14.7. The molecule has 7 heteroatoms. The molecule has 5 heterocycles. The molecule has 30 heavy (non-hydrogen) atoms. The van der Waals surface area contributed by atoms with Crippen LogP contribution in [0, 0.1) is 23.8 Å². The van der Waals surface area contributed by atoms with E-state index >= 15 is 0 Å². The fourth-order valence-corrected chi connectivity index (χ4v) is 5.38. The van der Waals surface area contributed by atoms with Crippen LogP contribution in [0.4, 0.5) is 17.3 Å². The van der Waals surface area contributed by atoms with Crippen LogP contribution in [-0.4, -0.2) is 62.5 Å². The van der Waals surface area contributed by atoms with Gasteiger partial charge < -0.3 is 19.9 Å². The number of nitrogens with zero attached hydrogens (tertiary/aromatic N) is 5. The van der Waals surface area contributed by atoms with Gasteiger partial charge in [0.05, 0.1) is 42.8 Å². The summed E-state index contributed by atoms with van der Waals surface area (Å²) in [4.78, 5) is 18.1. The number of ether oxygens (including phenoxy) is 1. The largest absolute Gasteiger partial charge is 0.380 e. The van der Waals surface area contributed by atoms with Crippen molar-refractivity contribution in [2.75, 3.05) is 62.3 Å². The van der Waals surface area contributed by atoms with Crippen molar-refractivity contribution in [2.24, 2.45) is 17.3 Å². The first-order valence-electron chi connectivity index (χ1n) is 10.9. The number of aromatic nitrogens is 2. The third-order valence-corrected chi connectivity index (χ3v) is 7.22. The Morgan fingerprint density at radius 3 is 2.63 bits per heavy atom. The van der Waals surface area contributed by atoms with E-state index in [9.17, 15) is 0 Å². The fraction of sp³-hybridized carbons (Fsp3) is 0.522. The lowest BCUT2D eigenvalue weighted by molar-refractivity contribution is -0.127.